The van der Waals surface area contributed by atoms with E-state index in [1.54, 1.807) is 18.2 Å². The third-order valence-corrected chi connectivity index (χ3v) is 3.71. The molecule has 0 aliphatic heterocycles. The molecule has 0 atom stereocenters. The third-order valence-electron chi connectivity index (χ3n) is 2.21. The minimum atomic E-state index is -3.50. The van der Waals surface area contributed by atoms with Crippen molar-refractivity contribution in [2.75, 3.05) is 34.3 Å². The molecule has 0 aromatic heterocycles. The van der Waals surface area contributed by atoms with Gasteiger partial charge >= 0.3 is 0 Å². The standard InChI is InChI=1S/C11H18N2O3S/c1-13(2)9-8-12-17(14,15)11-7-5-4-6-10(11)16-3/h4-7,12H,8-9H2,1-3H3. The van der Waals surface area contributed by atoms with Gasteiger partial charge in [-0.1, -0.05) is 12.1 Å². The van der Waals surface area contributed by atoms with Crippen molar-refractivity contribution in [3.8, 4) is 5.75 Å². The monoisotopic (exact) mass is 258 g/mol. The zero-order valence-electron chi connectivity index (χ0n) is 10.3. The number of nitrogens with zero attached hydrogens (tertiary/aromatic N) is 1. The molecule has 5 nitrogen and oxygen atoms in total. The van der Waals surface area contributed by atoms with E-state index in [0.29, 0.717) is 18.8 Å². The van der Waals surface area contributed by atoms with E-state index in [1.807, 2.05) is 19.0 Å². The van der Waals surface area contributed by atoms with Crippen LogP contribution in [0.4, 0.5) is 0 Å². The van der Waals surface area contributed by atoms with E-state index in [1.165, 1.54) is 13.2 Å². The highest BCUT2D eigenvalue weighted by Crippen LogP contribution is 2.22. The third kappa shape index (κ3) is 3.99. The smallest absolute Gasteiger partial charge is 0.244 e. The molecule has 0 saturated carbocycles. The number of para-hydroxylation sites is 1. The van der Waals surface area contributed by atoms with Gasteiger partial charge in [0.25, 0.3) is 0 Å². The second kappa shape index (κ2) is 6.00. The van der Waals surface area contributed by atoms with Crippen LogP contribution in [0.15, 0.2) is 29.2 Å². The Kier molecular flexibility index (Phi) is 4.92. The van der Waals surface area contributed by atoms with Crippen molar-refractivity contribution in [2.45, 2.75) is 4.90 Å². The van der Waals surface area contributed by atoms with Crippen LogP contribution in [0.2, 0.25) is 0 Å². The van der Waals surface area contributed by atoms with Crippen LogP contribution in [0.25, 0.3) is 0 Å². The van der Waals surface area contributed by atoms with Gasteiger partial charge in [-0.3, -0.25) is 0 Å². The molecule has 1 N–H and O–H groups in total. The molecule has 0 unspecified atom stereocenters. The Morgan fingerprint density at radius 2 is 1.94 bits per heavy atom. The molecule has 0 heterocycles. The number of hydrogen-bond donors (Lipinski definition) is 1. The Morgan fingerprint density at radius 3 is 2.53 bits per heavy atom. The summed E-state index contributed by atoms with van der Waals surface area (Å²) in [5, 5.41) is 0. The van der Waals surface area contributed by atoms with E-state index in [2.05, 4.69) is 4.72 Å². The fourth-order valence-corrected chi connectivity index (χ4v) is 2.51. The first-order valence-corrected chi connectivity index (χ1v) is 6.73. The van der Waals surface area contributed by atoms with Crippen molar-refractivity contribution < 1.29 is 13.2 Å². The lowest BCUT2D eigenvalue weighted by Crippen LogP contribution is -2.31. The van der Waals surface area contributed by atoms with Crippen molar-refractivity contribution in [1.29, 1.82) is 0 Å². The molecule has 96 valence electrons. The van der Waals surface area contributed by atoms with Crippen LogP contribution in [0.3, 0.4) is 0 Å². The van der Waals surface area contributed by atoms with Crippen LogP contribution >= 0.6 is 0 Å². The largest absolute Gasteiger partial charge is 0.495 e. The van der Waals surface area contributed by atoms with Crippen LogP contribution in [0.1, 0.15) is 0 Å². The lowest BCUT2D eigenvalue weighted by atomic mass is 10.3. The molecule has 0 amide bonds. The average Bonchev–Trinajstić information content (AvgIpc) is 2.28. The molecule has 1 aromatic carbocycles. The van der Waals surface area contributed by atoms with Gasteiger partial charge in [-0.05, 0) is 26.2 Å². The summed E-state index contributed by atoms with van der Waals surface area (Å²) in [5.74, 6) is 0.352. The second-order valence-electron chi connectivity index (χ2n) is 3.85. The fourth-order valence-electron chi connectivity index (χ4n) is 1.32. The molecule has 0 radical (unpaired) electrons. The molecular weight excluding hydrogens is 240 g/mol. The first kappa shape index (κ1) is 14.0. The van der Waals surface area contributed by atoms with Gasteiger partial charge < -0.3 is 9.64 Å². The molecular formula is C11H18N2O3S. The summed E-state index contributed by atoms with van der Waals surface area (Å²) in [7, 11) is 1.72. The Labute approximate surface area is 102 Å². The molecule has 0 aliphatic carbocycles. The highest BCUT2D eigenvalue weighted by molar-refractivity contribution is 7.89. The number of benzene rings is 1. The molecule has 0 bridgehead atoms. The normalized spacial score (nSPS) is 11.8. The van der Waals surface area contributed by atoms with Crippen molar-refractivity contribution in [2.24, 2.45) is 0 Å². The zero-order chi connectivity index (χ0) is 12.9. The predicted molar refractivity (Wildman–Crippen MR) is 66.7 cm³/mol. The Hall–Kier alpha value is -1.11. The highest BCUT2D eigenvalue weighted by atomic mass is 32.2. The van der Waals surface area contributed by atoms with Gasteiger partial charge in [0.05, 0.1) is 7.11 Å². The van der Waals surface area contributed by atoms with E-state index in [4.69, 9.17) is 4.74 Å². The van der Waals surface area contributed by atoms with Crippen LogP contribution in [-0.4, -0.2) is 47.6 Å². The van der Waals surface area contributed by atoms with Gasteiger partial charge in [0, 0.05) is 13.1 Å². The maximum absolute atomic E-state index is 12.0. The summed E-state index contributed by atoms with van der Waals surface area (Å²) in [6.45, 7) is 1.02. The van der Waals surface area contributed by atoms with Crippen LogP contribution < -0.4 is 9.46 Å². The van der Waals surface area contributed by atoms with Crippen LogP contribution in [-0.2, 0) is 10.0 Å². The second-order valence-corrected chi connectivity index (χ2v) is 5.59. The lowest BCUT2D eigenvalue weighted by Gasteiger charge is -2.12. The summed E-state index contributed by atoms with van der Waals surface area (Å²) in [6, 6.07) is 6.55. The number of ether oxygens (including phenoxy) is 1. The molecule has 17 heavy (non-hydrogen) atoms. The minimum Gasteiger partial charge on any atom is -0.495 e. The number of likely N-dealkylation sites (N-methyl/N-ethyl adjacent to an activating group) is 1. The number of rotatable bonds is 6. The van der Waals surface area contributed by atoms with Crippen LogP contribution in [0.5, 0.6) is 5.75 Å². The van der Waals surface area contributed by atoms with E-state index in [-0.39, 0.29) is 4.90 Å². The van der Waals surface area contributed by atoms with E-state index < -0.39 is 10.0 Å². The SMILES string of the molecule is COc1ccccc1S(=O)(=O)NCCN(C)C. The summed E-state index contributed by atoms with van der Waals surface area (Å²) >= 11 is 0. The first-order valence-electron chi connectivity index (χ1n) is 5.25. The average molecular weight is 258 g/mol. The van der Waals surface area contributed by atoms with E-state index in [9.17, 15) is 8.42 Å². The molecule has 0 saturated heterocycles. The highest BCUT2D eigenvalue weighted by Gasteiger charge is 2.17. The van der Waals surface area contributed by atoms with E-state index >= 15 is 0 Å². The lowest BCUT2D eigenvalue weighted by molar-refractivity contribution is 0.400. The summed E-state index contributed by atoms with van der Waals surface area (Å²) in [4.78, 5) is 2.08. The molecule has 0 aliphatic rings. The quantitative estimate of drug-likeness (QED) is 0.809. The van der Waals surface area contributed by atoms with Gasteiger partial charge in [-0.25, -0.2) is 13.1 Å². The van der Waals surface area contributed by atoms with Gasteiger partial charge in [-0.2, -0.15) is 0 Å². The summed E-state index contributed by atoms with van der Waals surface area (Å²) in [5.41, 5.74) is 0. The van der Waals surface area contributed by atoms with Gasteiger partial charge in [-0.15, -0.1) is 0 Å². The molecule has 0 spiro atoms. The fraction of sp³-hybridized carbons (Fsp3) is 0.455. The molecule has 1 rings (SSSR count). The maximum Gasteiger partial charge on any atom is 0.244 e. The topological polar surface area (TPSA) is 58.6 Å². The Bertz CT molecular complexity index is 458. The summed E-state index contributed by atoms with van der Waals surface area (Å²) in [6.07, 6.45) is 0. The summed E-state index contributed by atoms with van der Waals surface area (Å²) < 4.78 is 31.5. The number of methoxy groups -OCH3 is 1. The van der Waals surface area contributed by atoms with Crippen molar-refractivity contribution in [3.63, 3.8) is 0 Å². The maximum atomic E-state index is 12.0. The number of sulfonamides is 1. The molecule has 6 heteroatoms. The van der Waals surface area contributed by atoms with Gasteiger partial charge in [0.2, 0.25) is 10.0 Å². The van der Waals surface area contributed by atoms with Crippen molar-refractivity contribution in [3.05, 3.63) is 24.3 Å². The predicted octanol–water partition coefficient (Wildman–Crippen LogP) is 0.535. The zero-order valence-corrected chi connectivity index (χ0v) is 11.1. The van der Waals surface area contributed by atoms with Crippen LogP contribution in [0, 0.1) is 0 Å². The van der Waals surface area contributed by atoms with Gasteiger partial charge in [0.15, 0.2) is 0 Å². The Morgan fingerprint density at radius 1 is 1.29 bits per heavy atom. The van der Waals surface area contributed by atoms with E-state index in [0.717, 1.165) is 0 Å². The Balaban J connectivity index is 2.82. The van der Waals surface area contributed by atoms with Gasteiger partial charge in [0.1, 0.15) is 10.6 Å². The van der Waals surface area contributed by atoms with Crippen molar-refractivity contribution in [1.82, 2.24) is 9.62 Å². The first-order chi connectivity index (χ1) is 7.97. The number of hydrogen-bond acceptors (Lipinski definition) is 4. The minimum absolute atomic E-state index is 0.168. The van der Waals surface area contributed by atoms with Crippen molar-refractivity contribution >= 4 is 10.0 Å². The molecule has 0 fully saturated rings. The molecule has 1 aromatic rings. The number of nitrogens with one attached hydrogen (secondary N) is 1.